The van der Waals surface area contributed by atoms with Gasteiger partial charge >= 0.3 is 0 Å². The molecule has 24 heavy (non-hydrogen) atoms. The number of rotatable bonds is 6. The zero-order chi connectivity index (χ0) is 16.8. The Balaban J connectivity index is 1.42. The van der Waals surface area contributed by atoms with Gasteiger partial charge in [-0.3, -0.25) is 0 Å². The standard InChI is InChI=1S/C23H33F/c1-2-3-18-6-12-21(13-7-18)22-14-8-19(9-15-22)4-5-20-10-16-23(24)17-11-20/h8,10-11,16-18,21-22H,2-7,9,12-15H2,1H3. The molecule has 132 valence electrons. The first-order chi connectivity index (χ1) is 11.7. The fraction of sp³-hybridized carbons (Fsp3) is 0.652. The molecular formula is C23H33F. The van der Waals surface area contributed by atoms with E-state index in [1.807, 2.05) is 12.1 Å². The molecule has 0 saturated heterocycles. The van der Waals surface area contributed by atoms with Gasteiger partial charge in [-0.05, 0) is 80.4 Å². The number of hydrogen-bond donors (Lipinski definition) is 0. The molecule has 0 spiro atoms. The summed E-state index contributed by atoms with van der Waals surface area (Å²) in [5.41, 5.74) is 2.89. The third-order valence-electron chi connectivity index (χ3n) is 6.45. The highest BCUT2D eigenvalue weighted by atomic mass is 19.1. The van der Waals surface area contributed by atoms with Crippen LogP contribution in [-0.4, -0.2) is 0 Å². The second-order valence-corrected chi connectivity index (χ2v) is 8.09. The van der Waals surface area contributed by atoms with Crippen molar-refractivity contribution in [2.24, 2.45) is 17.8 Å². The minimum atomic E-state index is -0.132. The zero-order valence-electron chi connectivity index (χ0n) is 15.3. The fourth-order valence-electron chi connectivity index (χ4n) is 4.88. The van der Waals surface area contributed by atoms with Gasteiger partial charge in [-0.1, -0.05) is 56.4 Å². The van der Waals surface area contributed by atoms with Gasteiger partial charge in [0.05, 0.1) is 0 Å². The third kappa shape index (κ3) is 4.94. The monoisotopic (exact) mass is 328 g/mol. The Kier molecular flexibility index (Phi) is 6.51. The van der Waals surface area contributed by atoms with Crippen LogP contribution in [0.2, 0.25) is 0 Å². The van der Waals surface area contributed by atoms with Crippen LogP contribution in [0, 0.1) is 23.6 Å². The summed E-state index contributed by atoms with van der Waals surface area (Å²) in [4.78, 5) is 0. The van der Waals surface area contributed by atoms with Gasteiger partial charge in [0.15, 0.2) is 0 Å². The second-order valence-electron chi connectivity index (χ2n) is 8.09. The van der Waals surface area contributed by atoms with Crippen molar-refractivity contribution in [3.8, 4) is 0 Å². The van der Waals surface area contributed by atoms with Gasteiger partial charge < -0.3 is 0 Å². The molecule has 1 aromatic rings. The maximum absolute atomic E-state index is 13.0. The molecule has 0 radical (unpaired) electrons. The average Bonchev–Trinajstić information content (AvgIpc) is 2.63. The predicted molar refractivity (Wildman–Crippen MR) is 101 cm³/mol. The quantitative estimate of drug-likeness (QED) is 0.489. The Hall–Kier alpha value is -1.11. The van der Waals surface area contributed by atoms with Gasteiger partial charge in [0, 0.05) is 0 Å². The van der Waals surface area contributed by atoms with Crippen molar-refractivity contribution < 1.29 is 4.39 Å². The van der Waals surface area contributed by atoms with Crippen molar-refractivity contribution in [3.63, 3.8) is 0 Å². The van der Waals surface area contributed by atoms with E-state index >= 15 is 0 Å². The highest BCUT2D eigenvalue weighted by Crippen LogP contribution is 2.41. The molecule has 1 atom stereocenters. The molecule has 1 saturated carbocycles. The van der Waals surface area contributed by atoms with Gasteiger partial charge in [-0.15, -0.1) is 0 Å². The lowest BCUT2D eigenvalue weighted by molar-refractivity contribution is 0.186. The smallest absolute Gasteiger partial charge is 0.123 e. The summed E-state index contributed by atoms with van der Waals surface area (Å²) in [5.74, 6) is 2.83. The van der Waals surface area contributed by atoms with Crippen LogP contribution in [0.3, 0.4) is 0 Å². The van der Waals surface area contributed by atoms with Crippen LogP contribution >= 0.6 is 0 Å². The van der Waals surface area contributed by atoms with E-state index in [0.29, 0.717) is 0 Å². The van der Waals surface area contributed by atoms with Crippen molar-refractivity contribution in [3.05, 3.63) is 47.3 Å². The van der Waals surface area contributed by atoms with E-state index < -0.39 is 0 Å². The van der Waals surface area contributed by atoms with Gasteiger partial charge in [-0.25, -0.2) is 4.39 Å². The van der Waals surface area contributed by atoms with E-state index in [2.05, 4.69) is 13.0 Å². The molecule has 0 heterocycles. The summed E-state index contributed by atoms with van der Waals surface area (Å²) in [6, 6.07) is 7.01. The third-order valence-corrected chi connectivity index (χ3v) is 6.45. The Morgan fingerprint density at radius 3 is 2.29 bits per heavy atom. The normalized spacial score (nSPS) is 27.8. The first-order valence-electron chi connectivity index (χ1n) is 10.2. The summed E-state index contributed by atoms with van der Waals surface area (Å²) < 4.78 is 13.0. The summed E-state index contributed by atoms with van der Waals surface area (Å²) in [7, 11) is 0. The second kappa shape index (κ2) is 8.83. The fourth-order valence-corrected chi connectivity index (χ4v) is 4.88. The van der Waals surface area contributed by atoms with Crippen molar-refractivity contribution in [1.29, 1.82) is 0 Å². The largest absolute Gasteiger partial charge is 0.207 e. The van der Waals surface area contributed by atoms with Gasteiger partial charge in [0.25, 0.3) is 0 Å². The van der Waals surface area contributed by atoms with Crippen LogP contribution in [0.25, 0.3) is 0 Å². The number of halogens is 1. The minimum Gasteiger partial charge on any atom is -0.207 e. The zero-order valence-corrected chi connectivity index (χ0v) is 15.3. The molecule has 0 aliphatic heterocycles. The van der Waals surface area contributed by atoms with Crippen LogP contribution in [-0.2, 0) is 6.42 Å². The van der Waals surface area contributed by atoms with E-state index in [1.54, 1.807) is 17.7 Å². The SMILES string of the molecule is CCCC1CCC(C2CC=C(CCc3ccc(F)cc3)CC2)CC1. The molecule has 2 aliphatic rings. The van der Waals surface area contributed by atoms with E-state index in [4.69, 9.17) is 0 Å². The van der Waals surface area contributed by atoms with E-state index in [0.717, 1.165) is 30.6 Å². The van der Waals surface area contributed by atoms with Gasteiger partial charge in [0.2, 0.25) is 0 Å². The Morgan fingerprint density at radius 1 is 0.917 bits per heavy atom. The van der Waals surface area contributed by atoms with E-state index in [1.165, 1.54) is 63.4 Å². The molecule has 0 bridgehead atoms. The summed E-state index contributed by atoms with van der Waals surface area (Å²) in [5, 5.41) is 0. The average molecular weight is 329 g/mol. The molecule has 1 unspecified atom stereocenters. The van der Waals surface area contributed by atoms with Crippen molar-refractivity contribution in [2.75, 3.05) is 0 Å². The van der Waals surface area contributed by atoms with Crippen molar-refractivity contribution in [2.45, 2.75) is 77.6 Å². The van der Waals surface area contributed by atoms with E-state index in [-0.39, 0.29) is 5.82 Å². The van der Waals surface area contributed by atoms with Crippen LogP contribution in [0.1, 0.15) is 76.7 Å². The van der Waals surface area contributed by atoms with Gasteiger partial charge in [0.1, 0.15) is 5.82 Å². The Labute approximate surface area is 147 Å². The Morgan fingerprint density at radius 2 is 1.67 bits per heavy atom. The van der Waals surface area contributed by atoms with Crippen molar-refractivity contribution >= 4 is 0 Å². The summed E-state index contributed by atoms with van der Waals surface area (Å²) in [6.07, 6.45) is 17.5. The molecule has 0 amide bonds. The minimum absolute atomic E-state index is 0.132. The van der Waals surface area contributed by atoms with Crippen LogP contribution in [0.15, 0.2) is 35.9 Å². The molecule has 1 aromatic carbocycles. The predicted octanol–water partition coefficient (Wildman–Crippen LogP) is 7.09. The highest BCUT2D eigenvalue weighted by molar-refractivity contribution is 5.18. The summed E-state index contributed by atoms with van der Waals surface area (Å²) in [6.45, 7) is 2.32. The lowest BCUT2D eigenvalue weighted by atomic mass is 9.70. The van der Waals surface area contributed by atoms with Crippen molar-refractivity contribution in [1.82, 2.24) is 0 Å². The van der Waals surface area contributed by atoms with Crippen LogP contribution in [0.5, 0.6) is 0 Å². The molecule has 0 nitrogen and oxygen atoms in total. The lowest BCUT2D eigenvalue weighted by Crippen LogP contribution is -2.23. The molecule has 1 fully saturated rings. The molecule has 2 aliphatic carbocycles. The lowest BCUT2D eigenvalue weighted by Gasteiger charge is -2.35. The first-order valence-corrected chi connectivity index (χ1v) is 10.2. The van der Waals surface area contributed by atoms with Gasteiger partial charge in [-0.2, -0.15) is 0 Å². The van der Waals surface area contributed by atoms with Crippen LogP contribution in [0.4, 0.5) is 4.39 Å². The molecule has 1 heteroatoms. The number of aryl methyl sites for hydroxylation is 1. The number of allylic oxidation sites excluding steroid dienone is 2. The molecular weight excluding hydrogens is 295 g/mol. The first kappa shape index (κ1) is 17.7. The number of hydrogen-bond acceptors (Lipinski definition) is 0. The summed E-state index contributed by atoms with van der Waals surface area (Å²) >= 11 is 0. The van der Waals surface area contributed by atoms with E-state index in [9.17, 15) is 4.39 Å². The molecule has 3 rings (SSSR count). The maximum Gasteiger partial charge on any atom is 0.123 e. The highest BCUT2D eigenvalue weighted by Gasteiger charge is 2.28. The molecule has 0 aromatic heterocycles. The number of benzene rings is 1. The molecule has 0 N–H and O–H groups in total. The Bertz CT molecular complexity index is 519. The van der Waals surface area contributed by atoms with Crippen LogP contribution < -0.4 is 0 Å². The maximum atomic E-state index is 13.0. The topological polar surface area (TPSA) is 0 Å².